The van der Waals surface area contributed by atoms with Crippen molar-refractivity contribution in [2.75, 3.05) is 18.8 Å². The fraction of sp³-hybridized carbons (Fsp3) is 0.857. The summed E-state index contributed by atoms with van der Waals surface area (Å²) in [5.74, 6) is -1.31. The minimum Gasteiger partial charge on any atom is -0.480 e. The minimum absolute atomic E-state index is 0. The van der Waals surface area contributed by atoms with Gasteiger partial charge in [0.15, 0.2) is 0 Å². The molecule has 0 radical (unpaired) electrons. The third-order valence-corrected chi connectivity index (χ3v) is 2.16. The number of rotatable bonds is 6. The first-order chi connectivity index (χ1) is 7.24. The van der Waals surface area contributed by atoms with Crippen LogP contribution < -0.4 is 17.2 Å². The van der Waals surface area contributed by atoms with Crippen molar-refractivity contribution in [1.29, 1.82) is 0 Å². The molecule has 8 N–H and O–H groups in total. The Bertz CT molecular complexity index is 285. The summed E-state index contributed by atoms with van der Waals surface area (Å²) < 4.78 is 27.3. The Morgan fingerprint density at radius 3 is 1.88 bits per heavy atom. The van der Waals surface area contributed by atoms with Gasteiger partial charge in [-0.3, -0.25) is 9.35 Å². The zero-order chi connectivity index (χ0) is 13.2. The van der Waals surface area contributed by atoms with Gasteiger partial charge in [-0.15, -0.1) is 12.4 Å². The Balaban J connectivity index is -0.000000224. The fourth-order valence-corrected chi connectivity index (χ4v) is 0.908. The van der Waals surface area contributed by atoms with Gasteiger partial charge < -0.3 is 22.3 Å². The molecule has 8 nitrogen and oxygen atoms in total. The van der Waals surface area contributed by atoms with Crippen LogP contribution in [0.2, 0.25) is 0 Å². The lowest BCUT2D eigenvalue weighted by molar-refractivity contribution is -0.138. The van der Waals surface area contributed by atoms with E-state index >= 15 is 0 Å². The summed E-state index contributed by atoms with van der Waals surface area (Å²) in [5, 5.41) is 8.24. The molecule has 0 saturated heterocycles. The smallest absolute Gasteiger partial charge is 0.320 e. The molecule has 106 valence electrons. The second-order valence-corrected chi connectivity index (χ2v) is 4.52. The van der Waals surface area contributed by atoms with Crippen molar-refractivity contribution in [2.45, 2.75) is 18.9 Å². The molecular weight excluding hydrogens is 274 g/mol. The predicted octanol–water partition coefficient (Wildman–Crippen LogP) is -1.61. The third kappa shape index (κ3) is 21.4. The Kier molecular flexibility index (Phi) is 15.4. The summed E-state index contributed by atoms with van der Waals surface area (Å²) in [6.07, 6.45) is 1.14. The van der Waals surface area contributed by atoms with Crippen molar-refractivity contribution >= 4 is 28.5 Å². The zero-order valence-electron chi connectivity index (χ0n) is 9.28. The second-order valence-electron chi connectivity index (χ2n) is 2.95. The van der Waals surface area contributed by atoms with Crippen molar-refractivity contribution in [2.24, 2.45) is 17.2 Å². The number of nitrogens with two attached hydrogens (primary N) is 3. The van der Waals surface area contributed by atoms with Gasteiger partial charge in [0.1, 0.15) is 6.04 Å². The molecule has 10 heteroatoms. The van der Waals surface area contributed by atoms with E-state index in [1.54, 1.807) is 0 Å². The molecule has 0 heterocycles. The summed E-state index contributed by atoms with van der Waals surface area (Å²) in [7, 11) is -3.80. The molecule has 0 saturated carbocycles. The van der Waals surface area contributed by atoms with Gasteiger partial charge in [-0.1, -0.05) is 0 Å². The van der Waals surface area contributed by atoms with Crippen LogP contribution in [0.25, 0.3) is 0 Å². The molecule has 0 amide bonds. The molecule has 0 aromatic heterocycles. The molecule has 0 aromatic rings. The molecule has 0 aliphatic heterocycles. The van der Waals surface area contributed by atoms with Gasteiger partial charge in [0.2, 0.25) is 0 Å². The largest absolute Gasteiger partial charge is 0.480 e. The number of hydrogen-bond donors (Lipinski definition) is 5. The first kappa shape index (κ1) is 21.8. The van der Waals surface area contributed by atoms with Crippen LogP contribution in [-0.2, 0) is 14.9 Å². The Hall–Kier alpha value is -0.450. The van der Waals surface area contributed by atoms with Crippen molar-refractivity contribution in [3.63, 3.8) is 0 Å². The summed E-state index contributed by atoms with van der Waals surface area (Å²) in [4.78, 5) is 10.0. The lowest BCUT2D eigenvalue weighted by atomic mass is 10.2. The first-order valence-corrected chi connectivity index (χ1v) is 6.19. The molecule has 0 rings (SSSR count). The highest BCUT2D eigenvalue weighted by Gasteiger charge is 2.08. The van der Waals surface area contributed by atoms with E-state index in [1.165, 1.54) is 0 Å². The highest BCUT2D eigenvalue weighted by molar-refractivity contribution is 7.85. The summed E-state index contributed by atoms with van der Waals surface area (Å²) in [6.45, 7) is 0.472. The molecule has 1 atom stereocenters. The number of carboxylic acid groups (broad SMARTS) is 1. The monoisotopic (exact) mass is 293 g/mol. The normalized spacial score (nSPS) is 11.8. The average Bonchev–Trinajstić information content (AvgIpc) is 2.13. The summed E-state index contributed by atoms with van der Waals surface area (Å²) in [5.41, 5.74) is 15.1. The van der Waals surface area contributed by atoms with Crippen LogP contribution in [0.15, 0.2) is 0 Å². The number of halogens is 1. The van der Waals surface area contributed by atoms with Crippen molar-refractivity contribution in [3.05, 3.63) is 0 Å². The van der Waals surface area contributed by atoms with Crippen LogP contribution in [-0.4, -0.2) is 48.9 Å². The lowest BCUT2D eigenvalue weighted by Crippen LogP contribution is -2.30. The van der Waals surface area contributed by atoms with Crippen molar-refractivity contribution < 1.29 is 22.9 Å². The third-order valence-electron chi connectivity index (χ3n) is 1.41. The highest BCUT2D eigenvalue weighted by atomic mass is 35.5. The van der Waals surface area contributed by atoms with Crippen molar-refractivity contribution in [1.82, 2.24) is 0 Å². The molecule has 0 aliphatic carbocycles. The molecule has 17 heavy (non-hydrogen) atoms. The maximum atomic E-state index is 10.0. The number of carboxylic acids is 1. The Labute approximate surface area is 107 Å². The van der Waals surface area contributed by atoms with E-state index in [4.69, 9.17) is 26.9 Å². The fourth-order valence-electron chi connectivity index (χ4n) is 0.610. The van der Waals surface area contributed by atoms with Gasteiger partial charge in [0.05, 0.1) is 5.75 Å². The van der Waals surface area contributed by atoms with Gasteiger partial charge in [0, 0.05) is 6.54 Å². The minimum atomic E-state index is -3.80. The van der Waals surface area contributed by atoms with E-state index in [1.807, 2.05) is 0 Å². The number of carbonyl (C=O) groups is 1. The summed E-state index contributed by atoms with van der Waals surface area (Å²) >= 11 is 0. The van der Waals surface area contributed by atoms with E-state index in [0.717, 1.165) is 0 Å². The van der Waals surface area contributed by atoms with Crippen LogP contribution >= 0.6 is 12.4 Å². The van der Waals surface area contributed by atoms with Crippen molar-refractivity contribution in [3.8, 4) is 0 Å². The zero-order valence-corrected chi connectivity index (χ0v) is 10.9. The first-order valence-electron chi connectivity index (χ1n) is 4.58. The van der Waals surface area contributed by atoms with Crippen LogP contribution in [0.1, 0.15) is 12.8 Å². The quantitative estimate of drug-likeness (QED) is 0.364. The van der Waals surface area contributed by atoms with E-state index < -0.39 is 22.1 Å². The van der Waals surface area contributed by atoms with E-state index in [2.05, 4.69) is 0 Å². The maximum Gasteiger partial charge on any atom is 0.320 e. The van der Waals surface area contributed by atoms with Gasteiger partial charge in [-0.05, 0) is 19.4 Å². The summed E-state index contributed by atoms with van der Waals surface area (Å²) in [6, 6.07) is -0.742. The lowest BCUT2D eigenvalue weighted by Gasteiger charge is -2.02. The SMILES string of the molecule is Cl.NCCCC(N)C(=O)O.NCCS(=O)(=O)O. The molecule has 0 fully saturated rings. The molecule has 0 bridgehead atoms. The van der Waals surface area contributed by atoms with E-state index in [9.17, 15) is 13.2 Å². The van der Waals surface area contributed by atoms with Gasteiger partial charge >= 0.3 is 5.97 Å². The molecule has 0 aliphatic rings. The van der Waals surface area contributed by atoms with Crippen LogP contribution in [0.3, 0.4) is 0 Å². The predicted molar refractivity (Wildman–Crippen MR) is 66.6 cm³/mol. The number of aliphatic carboxylic acids is 1. The maximum absolute atomic E-state index is 10.0. The Morgan fingerprint density at radius 2 is 1.71 bits per heavy atom. The second kappa shape index (κ2) is 12.0. The van der Waals surface area contributed by atoms with E-state index in [0.29, 0.717) is 19.4 Å². The average molecular weight is 294 g/mol. The van der Waals surface area contributed by atoms with Crippen LogP contribution in [0, 0.1) is 0 Å². The molecule has 0 spiro atoms. The molecular formula is C7H20ClN3O5S. The van der Waals surface area contributed by atoms with Crippen LogP contribution in [0.5, 0.6) is 0 Å². The topological polar surface area (TPSA) is 170 Å². The highest BCUT2D eigenvalue weighted by Crippen LogP contribution is 1.91. The van der Waals surface area contributed by atoms with E-state index in [-0.39, 0.29) is 24.7 Å². The molecule has 1 unspecified atom stereocenters. The van der Waals surface area contributed by atoms with Gasteiger partial charge in [-0.25, -0.2) is 0 Å². The van der Waals surface area contributed by atoms with Gasteiger partial charge in [0.25, 0.3) is 10.1 Å². The Morgan fingerprint density at radius 1 is 1.24 bits per heavy atom. The molecule has 0 aromatic carbocycles. The standard InChI is InChI=1S/C5H12N2O2.C2H7NO3S.ClH/c6-3-1-2-4(7)5(8)9;3-1-2-7(4,5)6;/h4H,1-3,6-7H2,(H,8,9);1-3H2,(H,4,5,6);1H. The van der Waals surface area contributed by atoms with Gasteiger partial charge in [-0.2, -0.15) is 8.42 Å². The van der Waals surface area contributed by atoms with Crippen LogP contribution in [0.4, 0.5) is 0 Å². The number of hydrogen-bond acceptors (Lipinski definition) is 6.